The van der Waals surface area contributed by atoms with Gasteiger partial charge in [0.05, 0.1) is 12.5 Å². The van der Waals surface area contributed by atoms with E-state index in [1.165, 1.54) is 0 Å². The van der Waals surface area contributed by atoms with Gasteiger partial charge in [0.25, 0.3) is 0 Å². The standard InChI is InChI=1S/C17H23NO4/c1-11-7-12(2)9-13(8-11)16(17(20)21)18-15(19)10-14-5-3-4-6-22-14/h7-9,14,16H,3-6,10H2,1-2H3,(H,18,19)(H,20,21). The molecule has 22 heavy (non-hydrogen) atoms. The van der Waals surface area contributed by atoms with Gasteiger partial charge >= 0.3 is 5.97 Å². The monoisotopic (exact) mass is 305 g/mol. The van der Waals surface area contributed by atoms with Gasteiger partial charge in [-0.1, -0.05) is 29.3 Å². The number of amides is 1. The Balaban J connectivity index is 2.04. The molecule has 1 amide bonds. The number of aliphatic carboxylic acids is 1. The van der Waals surface area contributed by atoms with Crippen LogP contribution in [-0.4, -0.2) is 29.7 Å². The first-order chi connectivity index (χ1) is 10.5. The lowest BCUT2D eigenvalue weighted by Crippen LogP contribution is -2.36. The smallest absolute Gasteiger partial charge is 0.330 e. The third kappa shape index (κ3) is 4.56. The Morgan fingerprint density at radius 3 is 2.50 bits per heavy atom. The van der Waals surface area contributed by atoms with E-state index in [0.717, 1.165) is 30.4 Å². The van der Waals surface area contributed by atoms with Crippen molar-refractivity contribution in [1.82, 2.24) is 5.32 Å². The largest absolute Gasteiger partial charge is 0.479 e. The molecule has 1 saturated heterocycles. The molecule has 1 fully saturated rings. The average molecular weight is 305 g/mol. The van der Waals surface area contributed by atoms with Crippen LogP contribution in [0.5, 0.6) is 0 Å². The molecule has 5 nitrogen and oxygen atoms in total. The first kappa shape index (κ1) is 16.5. The second-order valence-corrected chi connectivity index (χ2v) is 5.95. The molecule has 0 bridgehead atoms. The molecule has 0 aliphatic carbocycles. The topological polar surface area (TPSA) is 75.6 Å². The number of carboxylic acids is 1. The van der Waals surface area contributed by atoms with Gasteiger partial charge in [0.1, 0.15) is 0 Å². The number of nitrogens with one attached hydrogen (secondary N) is 1. The summed E-state index contributed by atoms with van der Waals surface area (Å²) < 4.78 is 5.53. The van der Waals surface area contributed by atoms with Gasteiger partial charge in [0.15, 0.2) is 6.04 Å². The van der Waals surface area contributed by atoms with Gasteiger partial charge in [-0.2, -0.15) is 0 Å². The first-order valence-corrected chi connectivity index (χ1v) is 7.67. The van der Waals surface area contributed by atoms with E-state index >= 15 is 0 Å². The van der Waals surface area contributed by atoms with Gasteiger partial charge in [-0.25, -0.2) is 4.79 Å². The zero-order valence-electron chi connectivity index (χ0n) is 13.1. The number of ether oxygens (including phenoxy) is 1. The van der Waals surface area contributed by atoms with Crippen molar-refractivity contribution in [2.45, 2.75) is 51.7 Å². The first-order valence-electron chi connectivity index (χ1n) is 7.67. The summed E-state index contributed by atoms with van der Waals surface area (Å²) in [6.45, 7) is 4.50. The van der Waals surface area contributed by atoms with E-state index in [1.807, 2.05) is 19.9 Å². The van der Waals surface area contributed by atoms with E-state index in [9.17, 15) is 14.7 Å². The van der Waals surface area contributed by atoms with Crippen molar-refractivity contribution in [2.24, 2.45) is 0 Å². The van der Waals surface area contributed by atoms with Gasteiger partial charge in [-0.15, -0.1) is 0 Å². The SMILES string of the molecule is Cc1cc(C)cc(C(NC(=O)CC2CCCCO2)C(=O)O)c1. The highest BCUT2D eigenvalue weighted by molar-refractivity contribution is 5.84. The van der Waals surface area contributed by atoms with Crippen LogP contribution in [0.1, 0.15) is 48.4 Å². The van der Waals surface area contributed by atoms with Crippen LogP contribution in [0.25, 0.3) is 0 Å². The molecule has 0 radical (unpaired) electrons. The van der Waals surface area contributed by atoms with Gasteiger partial charge in [0.2, 0.25) is 5.91 Å². The lowest BCUT2D eigenvalue weighted by atomic mass is 10.0. The maximum absolute atomic E-state index is 12.1. The highest BCUT2D eigenvalue weighted by Crippen LogP contribution is 2.19. The molecule has 2 N–H and O–H groups in total. The van der Waals surface area contributed by atoms with Crippen molar-refractivity contribution in [3.63, 3.8) is 0 Å². The minimum atomic E-state index is -1.05. The maximum atomic E-state index is 12.1. The van der Waals surface area contributed by atoms with Crippen LogP contribution < -0.4 is 5.32 Å². The van der Waals surface area contributed by atoms with Crippen LogP contribution in [0.2, 0.25) is 0 Å². The molecule has 1 aliphatic heterocycles. The number of carbonyl (C=O) groups excluding carboxylic acids is 1. The third-order valence-corrected chi connectivity index (χ3v) is 3.82. The summed E-state index contributed by atoms with van der Waals surface area (Å²) in [4.78, 5) is 23.6. The summed E-state index contributed by atoms with van der Waals surface area (Å²) in [6, 6.07) is 4.54. The Morgan fingerprint density at radius 2 is 1.95 bits per heavy atom. The maximum Gasteiger partial charge on any atom is 0.330 e. The van der Waals surface area contributed by atoms with Gasteiger partial charge < -0.3 is 15.2 Å². The van der Waals surface area contributed by atoms with Crippen molar-refractivity contribution in [3.8, 4) is 0 Å². The van der Waals surface area contributed by atoms with Crippen molar-refractivity contribution < 1.29 is 19.4 Å². The molecular weight excluding hydrogens is 282 g/mol. The fraction of sp³-hybridized carbons (Fsp3) is 0.529. The van der Waals surface area contributed by atoms with Gasteiger partial charge in [0, 0.05) is 6.61 Å². The van der Waals surface area contributed by atoms with Crippen molar-refractivity contribution in [3.05, 3.63) is 34.9 Å². The van der Waals surface area contributed by atoms with E-state index < -0.39 is 12.0 Å². The summed E-state index contributed by atoms with van der Waals surface area (Å²) in [5.41, 5.74) is 2.56. The molecule has 0 aromatic heterocycles. The van der Waals surface area contributed by atoms with E-state index in [2.05, 4.69) is 5.32 Å². The molecule has 0 spiro atoms. The Hall–Kier alpha value is -1.88. The number of hydrogen-bond donors (Lipinski definition) is 2. The summed E-state index contributed by atoms with van der Waals surface area (Å²) in [6.07, 6.45) is 3.06. The Kier molecular flexibility index (Phi) is 5.55. The normalized spacial score (nSPS) is 19.5. The van der Waals surface area contributed by atoms with E-state index in [-0.39, 0.29) is 18.4 Å². The van der Waals surface area contributed by atoms with Crippen LogP contribution in [0, 0.1) is 13.8 Å². The van der Waals surface area contributed by atoms with Gasteiger partial charge in [-0.05, 0) is 38.7 Å². The molecule has 0 saturated carbocycles. The highest BCUT2D eigenvalue weighted by Gasteiger charge is 2.25. The number of carboxylic acid groups (broad SMARTS) is 1. The van der Waals surface area contributed by atoms with E-state index in [4.69, 9.17) is 4.74 Å². The Labute approximate surface area is 130 Å². The summed E-state index contributed by atoms with van der Waals surface area (Å²) in [5.74, 6) is -1.33. The molecule has 120 valence electrons. The van der Waals surface area contributed by atoms with Gasteiger partial charge in [-0.3, -0.25) is 4.79 Å². The molecule has 1 aromatic carbocycles. The number of benzene rings is 1. The fourth-order valence-electron chi connectivity index (χ4n) is 2.86. The van der Waals surface area contributed by atoms with Crippen molar-refractivity contribution in [1.29, 1.82) is 0 Å². The molecule has 1 heterocycles. The lowest BCUT2D eigenvalue weighted by Gasteiger charge is -2.23. The quantitative estimate of drug-likeness (QED) is 0.876. The molecule has 5 heteroatoms. The Bertz CT molecular complexity index is 529. The second-order valence-electron chi connectivity index (χ2n) is 5.95. The average Bonchev–Trinajstić information content (AvgIpc) is 2.44. The molecule has 2 atom stereocenters. The zero-order chi connectivity index (χ0) is 16.1. The zero-order valence-corrected chi connectivity index (χ0v) is 13.1. The summed E-state index contributed by atoms with van der Waals surface area (Å²) >= 11 is 0. The summed E-state index contributed by atoms with van der Waals surface area (Å²) in [7, 11) is 0. The van der Waals surface area contributed by atoms with E-state index in [1.54, 1.807) is 12.1 Å². The predicted molar refractivity (Wildman–Crippen MR) is 82.6 cm³/mol. The minimum Gasteiger partial charge on any atom is -0.479 e. The van der Waals surface area contributed by atoms with Crippen LogP contribution in [0.3, 0.4) is 0 Å². The van der Waals surface area contributed by atoms with Crippen LogP contribution >= 0.6 is 0 Å². The number of rotatable bonds is 5. The Morgan fingerprint density at radius 1 is 1.27 bits per heavy atom. The lowest BCUT2D eigenvalue weighted by molar-refractivity contribution is -0.142. The summed E-state index contributed by atoms with van der Waals surface area (Å²) in [5, 5.41) is 12.0. The molecule has 2 unspecified atom stereocenters. The van der Waals surface area contributed by atoms with Crippen LogP contribution in [0.4, 0.5) is 0 Å². The minimum absolute atomic E-state index is 0.0950. The van der Waals surface area contributed by atoms with Crippen LogP contribution in [-0.2, 0) is 14.3 Å². The predicted octanol–water partition coefficient (Wildman–Crippen LogP) is 2.50. The molecule has 2 rings (SSSR count). The van der Waals surface area contributed by atoms with Crippen molar-refractivity contribution in [2.75, 3.05) is 6.61 Å². The number of hydrogen-bond acceptors (Lipinski definition) is 3. The van der Waals surface area contributed by atoms with E-state index in [0.29, 0.717) is 12.2 Å². The number of carbonyl (C=O) groups is 2. The second kappa shape index (κ2) is 7.40. The van der Waals surface area contributed by atoms with Crippen molar-refractivity contribution >= 4 is 11.9 Å². The number of aryl methyl sites for hydroxylation is 2. The fourth-order valence-corrected chi connectivity index (χ4v) is 2.86. The third-order valence-electron chi connectivity index (χ3n) is 3.82. The molecule has 1 aromatic rings. The van der Waals surface area contributed by atoms with Crippen LogP contribution in [0.15, 0.2) is 18.2 Å². The molecule has 1 aliphatic rings. The molecular formula is C17H23NO4. The highest BCUT2D eigenvalue weighted by atomic mass is 16.5.